The number of benzene rings is 1. The van der Waals surface area contributed by atoms with E-state index < -0.39 is 24.3 Å². The van der Waals surface area contributed by atoms with Gasteiger partial charge in [0, 0.05) is 12.1 Å². The quantitative estimate of drug-likeness (QED) is 0.807. The Morgan fingerprint density at radius 2 is 1.92 bits per heavy atom. The SMILES string of the molecule is NC(=O)c1cc(C(=O)N(CC(=O)O)C2CC2)nn1-c1ccccc1. The van der Waals surface area contributed by atoms with Gasteiger partial charge in [0.15, 0.2) is 5.69 Å². The molecule has 1 aromatic heterocycles. The first-order valence-corrected chi connectivity index (χ1v) is 7.45. The highest BCUT2D eigenvalue weighted by Crippen LogP contribution is 2.28. The van der Waals surface area contributed by atoms with Gasteiger partial charge in [0.05, 0.1) is 5.69 Å². The van der Waals surface area contributed by atoms with E-state index in [4.69, 9.17) is 10.8 Å². The summed E-state index contributed by atoms with van der Waals surface area (Å²) in [6.45, 7) is -0.395. The lowest BCUT2D eigenvalue weighted by atomic mass is 10.3. The molecule has 0 aliphatic heterocycles. The minimum Gasteiger partial charge on any atom is -0.480 e. The Hall–Kier alpha value is -3.16. The van der Waals surface area contributed by atoms with E-state index in [1.165, 1.54) is 15.6 Å². The zero-order valence-corrected chi connectivity index (χ0v) is 12.8. The second-order valence-electron chi connectivity index (χ2n) is 5.58. The molecule has 0 spiro atoms. The summed E-state index contributed by atoms with van der Waals surface area (Å²) in [5.41, 5.74) is 6.03. The number of aliphatic carboxylic acids is 1. The van der Waals surface area contributed by atoms with Crippen molar-refractivity contribution in [2.75, 3.05) is 6.54 Å². The van der Waals surface area contributed by atoms with Crippen LogP contribution in [0, 0.1) is 0 Å². The van der Waals surface area contributed by atoms with Gasteiger partial charge in [-0.2, -0.15) is 5.10 Å². The molecule has 124 valence electrons. The summed E-state index contributed by atoms with van der Waals surface area (Å²) in [6, 6.07) is 10.0. The molecule has 3 N–H and O–H groups in total. The Morgan fingerprint density at radius 1 is 1.25 bits per heavy atom. The number of rotatable bonds is 6. The lowest BCUT2D eigenvalue weighted by molar-refractivity contribution is -0.137. The van der Waals surface area contributed by atoms with Gasteiger partial charge in [0.25, 0.3) is 11.8 Å². The number of nitrogens with zero attached hydrogens (tertiary/aromatic N) is 3. The molecular weight excluding hydrogens is 312 g/mol. The van der Waals surface area contributed by atoms with Crippen molar-refractivity contribution in [1.29, 1.82) is 0 Å². The van der Waals surface area contributed by atoms with Crippen molar-refractivity contribution in [3.8, 4) is 5.69 Å². The third-order valence-corrected chi connectivity index (χ3v) is 3.74. The summed E-state index contributed by atoms with van der Waals surface area (Å²) < 4.78 is 1.29. The summed E-state index contributed by atoms with van der Waals surface area (Å²) in [5, 5.41) is 13.2. The van der Waals surface area contributed by atoms with Gasteiger partial charge in [-0.15, -0.1) is 0 Å². The van der Waals surface area contributed by atoms with Crippen LogP contribution >= 0.6 is 0 Å². The Labute approximate surface area is 137 Å². The lowest BCUT2D eigenvalue weighted by Gasteiger charge is -2.18. The molecule has 2 aromatic rings. The Bertz CT molecular complexity index is 796. The van der Waals surface area contributed by atoms with Crippen LogP contribution in [0.1, 0.15) is 33.8 Å². The van der Waals surface area contributed by atoms with Crippen LogP contribution < -0.4 is 5.73 Å². The minimum absolute atomic E-state index is 0.000744. The van der Waals surface area contributed by atoms with E-state index in [1.54, 1.807) is 24.3 Å². The molecule has 1 heterocycles. The molecule has 1 saturated carbocycles. The van der Waals surface area contributed by atoms with Crippen LogP contribution in [0.5, 0.6) is 0 Å². The van der Waals surface area contributed by atoms with Gasteiger partial charge in [-0.3, -0.25) is 14.4 Å². The average Bonchev–Trinajstić information content (AvgIpc) is 3.29. The number of carbonyl (C=O) groups is 3. The molecule has 3 rings (SSSR count). The highest BCUT2D eigenvalue weighted by atomic mass is 16.4. The zero-order valence-electron chi connectivity index (χ0n) is 12.8. The fraction of sp³-hybridized carbons (Fsp3) is 0.250. The van der Waals surface area contributed by atoms with Crippen LogP contribution in [-0.2, 0) is 4.79 Å². The highest BCUT2D eigenvalue weighted by molar-refractivity contribution is 5.98. The molecule has 24 heavy (non-hydrogen) atoms. The summed E-state index contributed by atoms with van der Waals surface area (Å²) in [5.74, 6) is -2.33. The maximum Gasteiger partial charge on any atom is 0.323 e. The number of hydrogen-bond acceptors (Lipinski definition) is 4. The number of para-hydroxylation sites is 1. The topological polar surface area (TPSA) is 119 Å². The summed E-state index contributed by atoms with van der Waals surface area (Å²) in [7, 11) is 0. The molecule has 1 aliphatic rings. The average molecular weight is 328 g/mol. The summed E-state index contributed by atoms with van der Waals surface area (Å²) >= 11 is 0. The number of carbonyl (C=O) groups excluding carboxylic acids is 2. The van der Waals surface area contributed by atoms with Crippen LogP contribution in [-0.4, -0.2) is 50.2 Å². The van der Waals surface area contributed by atoms with E-state index >= 15 is 0 Å². The molecule has 8 nitrogen and oxygen atoms in total. The van der Waals surface area contributed by atoms with Crippen molar-refractivity contribution < 1.29 is 19.5 Å². The van der Waals surface area contributed by atoms with Gasteiger partial charge >= 0.3 is 5.97 Å². The molecule has 1 aliphatic carbocycles. The monoisotopic (exact) mass is 328 g/mol. The zero-order chi connectivity index (χ0) is 17.3. The normalized spacial score (nSPS) is 13.5. The Balaban J connectivity index is 1.98. The highest BCUT2D eigenvalue weighted by Gasteiger charge is 2.35. The largest absolute Gasteiger partial charge is 0.480 e. The van der Waals surface area contributed by atoms with Crippen LogP contribution in [0.3, 0.4) is 0 Å². The predicted octanol–water partition coefficient (Wildman–Crippen LogP) is 0.660. The van der Waals surface area contributed by atoms with Gasteiger partial charge in [-0.05, 0) is 25.0 Å². The number of hydrogen-bond donors (Lipinski definition) is 2. The number of carboxylic acid groups (broad SMARTS) is 1. The van der Waals surface area contributed by atoms with E-state index in [1.807, 2.05) is 6.07 Å². The fourth-order valence-corrected chi connectivity index (χ4v) is 2.47. The molecule has 1 fully saturated rings. The molecular formula is C16H16N4O4. The number of nitrogens with two attached hydrogens (primary N) is 1. The molecule has 2 amide bonds. The first kappa shape index (κ1) is 15.7. The van der Waals surface area contributed by atoms with Crippen molar-refractivity contribution >= 4 is 17.8 Å². The first-order chi connectivity index (χ1) is 11.5. The second-order valence-corrected chi connectivity index (χ2v) is 5.58. The molecule has 8 heteroatoms. The van der Waals surface area contributed by atoms with Crippen molar-refractivity contribution in [1.82, 2.24) is 14.7 Å². The second kappa shape index (κ2) is 6.15. The van der Waals surface area contributed by atoms with Gasteiger partial charge in [-0.1, -0.05) is 18.2 Å². The van der Waals surface area contributed by atoms with Crippen molar-refractivity contribution in [2.45, 2.75) is 18.9 Å². The van der Waals surface area contributed by atoms with Gasteiger partial charge in [-0.25, -0.2) is 4.68 Å². The van der Waals surface area contributed by atoms with E-state index in [-0.39, 0.29) is 17.4 Å². The standard InChI is InChI=1S/C16H16N4O4/c17-15(23)13-8-12(18-20(13)11-4-2-1-3-5-11)16(24)19(9-14(21)22)10-6-7-10/h1-5,8,10H,6-7,9H2,(H2,17,23)(H,21,22). The molecule has 1 aromatic carbocycles. The minimum atomic E-state index is -1.09. The van der Waals surface area contributed by atoms with Crippen LogP contribution in [0.4, 0.5) is 0 Å². The predicted molar refractivity (Wildman–Crippen MR) is 83.8 cm³/mol. The molecule has 0 unspecified atom stereocenters. The first-order valence-electron chi connectivity index (χ1n) is 7.45. The van der Waals surface area contributed by atoms with E-state index in [9.17, 15) is 14.4 Å². The number of amides is 2. The van der Waals surface area contributed by atoms with Crippen molar-refractivity contribution in [3.63, 3.8) is 0 Å². The summed E-state index contributed by atoms with van der Waals surface area (Å²) in [6.07, 6.45) is 1.53. The Kier molecular flexibility index (Phi) is 4.03. The molecule has 0 atom stereocenters. The molecule has 0 bridgehead atoms. The molecule has 0 radical (unpaired) electrons. The third kappa shape index (κ3) is 3.12. The smallest absolute Gasteiger partial charge is 0.323 e. The van der Waals surface area contributed by atoms with E-state index in [0.717, 1.165) is 12.8 Å². The van der Waals surface area contributed by atoms with Gasteiger partial charge in [0.1, 0.15) is 12.2 Å². The number of primary amides is 1. The number of carboxylic acids is 1. The maximum atomic E-state index is 12.6. The van der Waals surface area contributed by atoms with Crippen molar-refractivity contribution in [2.24, 2.45) is 5.73 Å². The van der Waals surface area contributed by atoms with E-state index in [0.29, 0.717) is 5.69 Å². The van der Waals surface area contributed by atoms with Crippen LogP contribution in [0.2, 0.25) is 0 Å². The summed E-state index contributed by atoms with van der Waals surface area (Å²) in [4.78, 5) is 36.5. The Morgan fingerprint density at radius 3 is 2.46 bits per heavy atom. The third-order valence-electron chi connectivity index (χ3n) is 3.74. The van der Waals surface area contributed by atoms with Crippen LogP contribution in [0.15, 0.2) is 36.4 Å². The van der Waals surface area contributed by atoms with E-state index in [2.05, 4.69) is 5.10 Å². The lowest BCUT2D eigenvalue weighted by Crippen LogP contribution is -2.37. The molecule has 0 saturated heterocycles. The maximum absolute atomic E-state index is 12.6. The number of aromatic nitrogens is 2. The van der Waals surface area contributed by atoms with Crippen LogP contribution in [0.25, 0.3) is 5.69 Å². The van der Waals surface area contributed by atoms with Gasteiger partial charge in [0.2, 0.25) is 0 Å². The fourth-order valence-electron chi connectivity index (χ4n) is 2.47. The van der Waals surface area contributed by atoms with Crippen molar-refractivity contribution in [3.05, 3.63) is 47.8 Å². The van der Waals surface area contributed by atoms with Gasteiger partial charge < -0.3 is 15.7 Å².